The van der Waals surface area contributed by atoms with E-state index in [0.717, 1.165) is 32.5 Å². The standard InChI is InChI=1S/C18H28N2O/c1-17(2)13-18(10-11-21-17,15-20(3)4)14-19-12-16-8-6-5-7-9-16/h5-9,14H,10-13,15H2,1-4H3/p+2/t18-/m0/s1. The Hall–Kier alpha value is -1.19. The summed E-state index contributed by atoms with van der Waals surface area (Å²) in [6.45, 7) is 7.30. The molecule has 1 fully saturated rings. The van der Waals surface area contributed by atoms with Crippen LogP contribution in [0.25, 0.3) is 0 Å². The Morgan fingerprint density at radius 1 is 1.24 bits per heavy atom. The highest BCUT2D eigenvalue weighted by Crippen LogP contribution is 2.35. The van der Waals surface area contributed by atoms with Crippen LogP contribution >= 0.6 is 0 Å². The van der Waals surface area contributed by atoms with Crippen molar-refractivity contribution in [3.63, 3.8) is 0 Å². The number of benzene rings is 1. The van der Waals surface area contributed by atoms with Gasteiger partial charge >= 0.3 is 0 Å². The van der Waals surface area contributed by atoms with E-state index in [1.165, 1.54) is 10.5 Å². The largest absolute Gasteiger partial charge is 0.375 e. The highest BCUT2D eigenvalue weighted by molar-refractivity contribution is 5.60. The SMILES string of the molecule is C[NH+](C)C[C@@]1(C=[NH+]Cc2ccccc2)CCOC(C)(C)C1. The molecule has 0 unspecified atom stereocenters. The maximum Gasteiger partial charge on any atom is 0.165 e. The lowest BCUT2D eigenvalue weighted by Crippen LogP contribution is -3.07. The van der Waals surface area contributed by atoms with Gasteiger partial charge in [0.15, 0.2) is 6.54 Å². The van der Waals surface area contributed by atoms with Gasteiger partial charge < -0.3 is 9.64 Å². The molecule has 0 saturated carbocycles. The summed E-state index contributed by atoms with van der Waals surface area (Å²) in [4.78, 5) is 5.05. The van der Waals surface area contributed by atoms with Crippen LogP contribution in [0.3, 0.4) is 0 Å². The van der Waals surface area contributed by atoms with Crippen molar-refractivity contribution in [1.82, 2.24) is 0 Å². The van der Waals surface area contributed by atoms with Crippen LogP contribution in [0.5, 0.6) is 0 Å². The van der Waals surface area contributed by atoms with Crippen molar-refractivity contribution < 1.29 is 14.6 Å². The molecule has 0 bridgehead atoms. The molecule has 1 aromatic rings. The molecule has 0 amide bonds. The van der Waals surface area contributed by atoms with Crippen molar-refractivity contribution in [1.29, 1.82) is 0 Å². The van der Waals surface area contributed by atoms with Crippen LogP contribution in [0.4, 0.5) is 0 Å². The van der Waals surface area contributed by atoms with Crippen LogP contribution in [0, 0.1) is 5.41 Å². The van der Waals surface area contributed by atoms with E-state index in [0.29, 0.717) is 0 Å². The molecule has 0 aromatic heterocycles. The van der Waals surface area contributed by atoms with Crippen LogP contribution in [-0.4, -0.2) is 39.1 Å². The maximum atomic E-state index is 5.91. The van der Waals surface area contributed by atoms with Crippen LogP contribution in [0.2, 0.25) is 0 Å². The number of nitrogens with one attached hydrogen (secondary N) is 2. The fourth-order valence-electron chi connectivity index (χ4n) is 3.53. The van der Waals surface area contributed by atoms with E-state index in [1.54, 1.807) is 0 Å². The van der Waals surface area contributed by atoms with E-state index in [4.69, 9.17) is 4.74 Å². The highest BCUT2D eigenvalue weighted by Gasteiger charge is 2.44. The molecule has 116 valence electrons. The van der Waals surface area contributed by atoms with E-state index in [-0.39, 0.29) is 11.0 Å². The van der Waals surface area contributed by atoms with Gasteiger partial charge in [-0.3, -0.25) is 0 Å². The topological polar surface area (TPSA) is 27.6 Å². The third kappa shape index (κ3) is 4.94. The summed E-state index contributed by atoms with van der Waals surface area (Å²) in [6, 6.07) is 10.6. The summed E-state index contributed by atoms with van der Waals surface area (Å²) in [5.41, 5.74) is 1.51. The maximum absolute atomic E-state index is 5.91. The van der Waals surface area contributed by atoms with Gasteiger partial charge in [-0.1, -0.05) is 30.3 Å². The molecule has 1 aromatic carbocycles. The molecule has 1 aliphatic heterocycles. The third-order valence-corrected chi connectivity index (χ3v) is 4.13. The highest BCUT2D eigenvalue weighted by atomic mass is 16.5. The smallest absolute Gasteiger partial charge is 0.165 e. The number of hydrogen-bond donors (Lipinski definition) is 2. The first-order valence-electron chi connectivity index (χ1n) is 7.96. The normalized spacial score (nSPS) is 25.6. The van der Waals surface area contributed by atoms with Crippen molar-refractivity contribution >= 4 is 6.21 Å². The molecule has 0 spiro atoms. The van der Waals surface area contributed by atoms with Gasteiger partial charge in [0.1, 0.15) is 11.6 Å². The van der Waals surface area contributed by atoms with Gasteiger partial charge in [0.05, 0.1) is 26.2 Å². The molecule has 0 aliphatic carbocycles. The second-order valence-electron chi connectivity index (χ2n) is 7.29. The fourth-order valence-corrected chi connectivity index (χ4v) is 3.53. The molecule has 1 saturated heterocycles. The lowest BCUT2D eigenvalue weighted by Gasteiger charge is -2.41. The summed E-state index contributed by atoms with van der Waals surface area (Å²) in [5.74, 6) is 0. The Balaban J connectivity index is 2.09. The van der Waals surface area contributed by atoms with E-state index in [1.807, 2.05) is 0 Å². The lowest BCUT2D eigenvalue weighted by atomic mass is 9.74. The van der Waals surface area contributed by atoms with E-state index in [2.05, 4.69) is 69.5 Å². The van der Waals surface area contributed by atoms with Gasteiger partial charge in [0.25, 0.3) is 0 Å². The number of rotatable bonds is 5. The molecular weight excluding hydrogens is 260 g/mol. The zero-order valence-corrected chi connectivity index (χ0v) is 13.9. The minimum Gasteiger partial charge on any atom is -0.375 e. The van der Waals surface area contributed by atoms with Crippen LogP contribution in [0.15, 0.2) is 30.3 Å². The van der Waals surface area contributed by atoms with Gasteiger partial charge in [-0.2, -0.15) is 0 Å². The van der Waals surface area contributed by atoms with Gasteiger partial charge in [-0.15, -0.1) is 0 Å². The average molecular weight is 290 g/mol. The Labute approximate surface area is 129 Å². The second kappa shape index (κ2) is 6.71. The minimum atomic E-state index is -0.0291. The van der Waals surface area contributed by atoms with E-state index in [9.17, 15) is 0 Å². The Morgan fingerprint density at radius 3 is 2.57 bits per heavy atom. The van der Waals surface area contributed by atoms with E-state index < -0.39 is 0 Å². The molecule has 1 heterocycles. The second-order valence-corrected chi connectivity index (χ2v) is 7.29. The monoisotopic (exact) mass is 290 g/mol. The third-order valence-electron chi connectivity index (χ3n) is 4.13. The first-order chi connectivity index (χ1) is 9.91. The lowest BCUT2D eigenvalue weighted by molar-refractivity contribution is -0.864. The van der Waals surface area contributed by atoms with Crippen molar-refractivity contribution in [2.75, 3.05) is 27.2 Å². The molecule has 0 radical (unpaired) electrons. The Kier molecular flexibility index (Phi) is 5.17. The predicted molar refractivity (Wildman–Crippen MR) is 86.5 cm³/mol. The summed E-state index contributed by atoms with van der Waals surface area (Å²) in [5, 5.41) is 0. The van der Waals surface area contributed by atoms with Crippen molar-refractivity contribution in [2.24, 2.45) is 5.41 Å². The van der Waals surface area contributed by atoms with Crippen LogP contribution < -0.4 is 9.89 Å². The molecule has 2 N–H and O–H groups in total. The molecule has 3 nitrogen and oxygen atoms in total. The fraction of sp³-hybridized carbons (Fsp3) is 0.611. The molecule has 21 heavy (non-hydrogen) atoms. The van der Waals surface area contributed by atoms with Crippen molar-refractivity contribution in [3.05, 3.63) is 35.9 Å². The number of hydrogen-bond acceptors (Lipinski definition) is 1. The molecular formula is C18H30N2O+2. The Bertz CT molecular complexity index is 467. The van der Waals surface area contributed by atoms with Gasteiger partial charge in [0, 0.05) is 12.2 Å². The predicted octanol–water partition coefficient (Wildman–Crippen LogP) is 0.0579. The zero-order valence-electron chi connectivity index (χ0n) is 13.9. The van der Waals surface area contributed by atoms with Crippen molar-refractivity contribution in [3.8, 4) is 0 Å². The Morgan fingerprint density at radius 2 is 1.95 bits per heavy atom. The minimum absolute atomic E-state index is 0.0291. The summed E-state index contributed by atoms with van der Waals surface area (Å²) < 4.78 is 5.91. The van der Waals surface area contributed by atoms with Gasteiger partial charge in [0.2, 0.25) is 0 Å². The first-order valence-corrected chi connectivity index (χ1v) is 7.96. The van der Waals surface area contributed by atoms with E-state index >= 15 is 0 Å². The molecule has 3 heteroatoms. The van der Waals surface area contributed by atoms with Crippen LogP contribution in [0.1, 0.15) is 32.3 Å². The molecule has 1 atom stereocenters. The van der Waals surface area contributed by atoms with Gasteiger partial charge in [-0.05, 0) is 26.7 Å². The molecule has 2 rings (SSSR count). The number of quaternary nitrogens is 1. The summed E-state index contributed by atoms with van der Waals surface area (Å²) in [6.07, 6.45) is 4.52. The summed E-state index contributed by atoms with van der Waals surface area (Å²) in [7, 11) is 4.46. The average Bonchev–Trinajstić information content (AvgIpc) is 2.37. The quantitative estimate of drug-likeness (QED) is 0.737. The summed E-state index contributed by atoms with van der Waals surface area (Å²) >= 11 is 0. The van der Waals surface area contributed by atoms with Crippen LogP contribution in [-0.2, 0) is 11.3 Å². The first kappa shape index (κ1) is 16.2. The molecule has 1 aliphatic rings. The zero-order chi connectivity index (χ0) is 15.3. The van der Waals surface area contributed by atoms with Gasteiger partial charge in [-0.25, -0.2) is 4.99 Å². The van der Waals surface area contributed by atoms with Crippen molar-refractivity contribution in [2.45, 2.75) is 38.8 Å². The number of ether oxygens (including phenoxy) is 1.